The predicted molar refractivity (Wildman–Crippen MR) is 192 cm³/mol. The van der Waals surface area contributed by atoms with Crippen molar-refractivity contribution in [3.05, 3.63) is 118 Å². The Bertz CT molecular complexity index is 1980. The Labute approximate surface area is 303 Å². The molecule has 4 aromatic rings. The van der Waals surface area contributed by atoms with Crippen molar-refractivity contribution in [3.63, 3.8) is 0 Å². The fourth-order valence-corrected chi connectivity index (χ4v) is 6.35. The first-order valence-corrected chi connectivity index (χ1v) is 16.9. The maximum atomic E-state index is 14.1. The molecule has 0 saturated heterocycles. The smallest absolute Gasteiger partial charge is 0.341 e. The van der Waals surface area contributed by atoms with E-state index in [4.69, 9.17) is 32.8 Å². The molecule has 1 aliphatic rings. The van der Waals surface area contributed by atoms with E-state index >= 15 is 0 Å². The van der Waals surface area contributed by atoms with Gasteiger partial charge in [0, 0.05) is 18.4 Å². The van der Waals surface area contributed by atoms with Crippen LogP contribution in [0.15, 0.2) is 96.2 Å². The lowest BCUT2D eigenvalue weighted by molar-refractivity contribution is -0.148. The lowest BCUT2D eigenvalue weighted by atomic mass is 9.84. The van der Waals surface area contributed by atoms with Gasteiger partial charge in [-0.1, -0.05) is 109 Å². The Balaban J connectivity index is 1.35. The summed E-state index contributed by atoms with van der Waals surface area (Å²) in [5.74, 6) is -4.59. The van der Waals surface area contributed by atoms with Gasteiger partial charge in [0.15, 0.2) is 12.4 Å². The largest absolute Gasteiger partial charge is 0.481 e. The number of carboxylic acids is 1. The lowest BCUT2D eigenvalue weighted by Gasteiger charge is -2.29. The van der Waals surface area contributed by atoms with E-state index in [9.17, 15) is 29.1 Å². The second-order valence-corrected chi connectivity index (χ2v) is 13.3. The van der Waals surface area contributed by atoms with E-state index in [1.54, 1.807) is 36.4 Å². The minimum Gasteiger partial charge on any atom is -0.481 e. The van der Waals surface area contributed by atoms with Gasteiger partial charge in [0.25, 0.3) is 11.8 Å². The number of oxime groups is 1. The average molecular weight is 733 g/mol. The van der Waals surface area contributed by atoms with Crippen LogP contribution in [0.1, 0.15) is 53.0 Å². The molecule has 264 valence electrons. The monoisotopic (exact) mass is 731 g/mol. The summed E-state index contributed by atoms with van der Waals surface area (Å²) in [5, 5.41) is 21.3. The number of fused-ring (bicyclic) bond motifs is 1. The Morgan fingerprint density at radius 1 is 0.882 bits per heavy atom. The molecule has 0 aliphatic carbocycles. The maximum Gasteiger partial charge on any atom is 0.341 e. The van der Waals surface area contributed by atoms with Gasteiger partial charge in [-0.2, -0.15) is 0 Å². The van der Waals surface area contributed by atoms with Gasteiger partial charge in [0.1, 0.15) is 6.04 Å². The van der Waals surface area contributed by atoms with E-state index in [-0.39, 0.29) is 40.3 Å². The molecule has 0 aromatic heterocycles. The number of hydrogen-bond acceptors (Lipinski definition) is 8. The van der Waals surface area contributed by atoms with Crippen LogP contribution in [-0.2, 0) is 30.4 Å². The highest BCUT2D eigenvalue weighted by atomic mass is 35.5. The summed E-state index contributed by atoms with van der Waals surface area (Å²) in [7, 11) is 0. The summed E-state index contributed by atoms with van der Waals surface area (Å²) in [6, 6.07) is 24.1. The third-order valence-electron chi connectivity index (χ3n) is 8.46. The second-order valence-electron chi connectivity index (χ2n) is 12.5. The molecule has 2 unspecified atom stereocenters. The van der Waals surface area contributed by atoms with Crippen molar-refractivity contribution < 1.29 is 38.7 Å². The Morgan fingerprint density at radius 2 is 1.55 bits per heavy atom. The highest BCUT2D eigenvalue weighted by Gasteiger charge is 2.49. The molecule has 1 heterocycles. The van der Waals surface area contributed by atoms with Gasteiger partial charge in [-0.05, 0) is 46.5 Å². The van der Waals surface area contributed by atoms with E-state index in [1.807, 2.05) is 50.2 Å². The number of esters is 1. The molecule has 0 spiro atoms. The zero-order chi connectivity index (χ0) is 36.7. The molecule has 0 radical (unpaired) electrons. The van der Waals surface area contributed by atoms with Gasteiger partial charge in [-0.3, -0.25) is 19.2 Å². The van der Waals surface area contributed by atoms with Crippen molar-refractivity contribution in [2.45, 2.75) is 50.8 Å². The summed E-state index contributed by atoms with van der Waals surface area (Å²) in [5.41, 5.74) is -0.338. The predicted octanol–water partition coefficient (Wildman–Crippen LogP) is 6.04. The van der Waals surface area contributed by atoms with Crippen molar-refractivity contribution in [2.24, 2.45) is 11.1 Å². The van der Waals surface area contributed by atoms with Crippen molar-refractivity contribution >= 4 is 69.2 Å². The van der Waals surface area contributed by atoms with Gasteiger partial charge < -0.3 is 25.3 Å². The molecular formula is C38H35Cl2N3O8. The SMILES string of the molecule is CC(C)C(NC(=O)c1ccc2ccccc2c1)C1=NOC(Cc2ccccc2)(C(=O)N[C@@H](CC(=O)O)C(=O)COC(=O)c2c(Cl)cccc2Cl)C1. The molecule has 0 bridgehead atoms. The van der Waals surface area contributed by atoms with Crippen LogP contribution in [0.3, 0.4) is 0 Å². The van der Waals surface area contributed by atoms with Crippen LogP contribution in [-0.4, -0.2) is 64.6 Å². The summed E-state index contributed by atoms with van der Waals surface area (Å²) in [4.78, 5) is 71.3. The molecule has 13 heteroatoms. The number of nitrogens with one attached hydrogen (secondary N) is 2. The Morgan fingerprint density at radius 3 is 2.22 bits per heavy atom. The number of hydrogen-bond donors (Lipinski definition) is 3. The first-order valence-electron chi connectivity index (χ1n) is 16.1. The van der Waals surface area contributed by atoms with Crippen molar-refractivity contribution in [2.75, 3.05) is 6.61 Å². The number of amides is 2. The zero-order valence-electron chi connectivity index (χ0n) is 27.7. The van der Waals surface area contributed by atoms with Crippen LogP contribution >= 0.6 is 23.2 Å². The number of carbonyl (C=O) groups is 5. The number of nitrogens with zero attached hydrogens (tertiary/aromatic N) is 1. The first kappa shape index (κ1) is 37.0. The van der Waals surface area contributed by atoms with Crippen LogP contribution in [0.4, 0.5) is 0 Å². The number of aliphatic carboxylic acids is 1. The fourth-order valence-electron chi connectivity index (χ4n) is 5.79. The molecule has 0 fully saturated rings. The van der Waals surface area contributed by atoms with Gasteiger partial charge >= 0.3 is 11.9 Å². The van der Waals surface area contributed by atoms with E-state index < -0.39 is 54.3 Å². The molecule has 2 amide bonds. The van der Waals surface area contributed by atoms with Gasteiger partial charge in [-0.25, -0.2) is 4.79 Å². The van der Waals surface area contributed by atoms with Crippen molar-refractivity contribution in [1.29, 1.82) is 0 Å². The zero-order valence-corrected chi connectivity index (χ0v) is 29.2. The summed E-state index contributed by atoms with van der Waals surface area (Å²) < 4.78 is 5.12. The molecule has 3 atom stereocenters. The average Bonchev–Trinajstić information content (AvgIpc) is 3.53. The molecule has 11 nitrogen and oxygen atoms in total. The topological polar surface area (TPSA) is 160 Å². The highest BCUT2D eigenvalue weighted by Crippen LogP contribution is 2.32. The van der Waals surface area contributed by atoms with Gasteiger partial charge in [0.2, 0.25) is 5.60 Å². The molecular weight excluding hydrogens is 697 g/mol. The van der Waals surface area contributed by atoms with E-state index in [0.29, 0.717) is 16.8 Å². The van der Waals surface area contributed by atoms with Gasteiger partial charge in [0.05, 0.1) is 33.8 Å². The quantitative estimate of drug-likeness (QED) is 0.132. The molecule has 5 rings (SSSR count). The van der Waals surface area contributed by atoms with Crippen molar-refractivity contribution in [1.82, 2.24) is 10.6 Å². The van der Waals surface area contributed by atoms with E-state index in [1.165, 1.54) is 18.2 Å². The van der Waals surface area contributed by atoms with Gasteiger partial charge in [-0.15, -0.1) is 0 Å². The third kappa shape index (κ3) is 8.92. The molecule has 3 N–H and O–H groups in total. The number of rotatable bonds is 14. The summed E-state index contributed by atoms with van der Waals surface area (Å²) in [6.07, 6.45) is -0.882. The van der Waals surface area contributed by atoms with Crippen LogP contribution < -0.4 is 10.6 Å². The second kappa shape index (κ2) is 16.2. The minimum absolute atomic E-state index is 0.000493. The maximum absolute atomic E-state index is 14.1. The molecule has 1 aliphatic heterocycles. The molecule has 4 aromatic carbocycles. The lowest BCUT2D eigenvalue weighted by Crippen LogP contribution is -2.55. The van der Waals surface area contributed by atoms with Crippen LogP contribution in [0, 0.1) is 5.92 Å². The minimum atomic E-state index is -1.71. The summed E-state index contributed by atoms with van der Waals surface area (Å²) in [6.45, 7) is 2.91. The number of carbonyl (C=O) groups excluding carboxylic acids is 4. The van der Waals surface area contributed by atoms with E-state index in [2.05, 4.69) is 15.8 Å². The van der Waals surface area contributed by atoms with Crippen LogP contribution in [0.2, 0.25) is 10.0 Å². The standard InChI is InChI=1S/C38H35Cl2N3O8/c1-22(2)34(42-35(47)26-16-15-24-11-6-7-12-25(24)17-26)30-20-38(51-43-30,19-23-9-4-3-5-10-23)37(49)41-29(18-32(45)46)31(44)21-50-36(48)33-27(39)13-8-14-28(33)40/h3-17,22,29,34H,18-21H2,1-2H3,(H,41,49)(H,42,47)(H,45,46)/t29-,34?,38?/m0/s1. The number of benzene rings is 4. The first-order chi connectivity index (χ1) is 24.4. The third-order valence-corrected chi connectivity index (χ3v) is 9.09. The van der Waals surface area contributed by atoms with Crippen molar-refractivity contribution in [3.8, 4) is 0 Å². The summed E-state index contributed by atoms with van der Waals surface area (Å²) >= 11 is 12.1. The Kier molecular flexibility index (Phi) is 11.7. The van der Waals surface area contributed by atoms with E-state index in [0.717, 1.165) is 10.8 Å². The number of halogens is 2. The molecule has 0 saturated carbocycles. The number of ketones is 1. The highest BCUT2D eigenvalue weighted by molar-refractivity contribution is 6.39. The number of Topliss-reactive ketones (excluding diaryl/α,β-unsaturated/α-hetero) is 1. The number of ether oxygens (including phenoxy) is 1. The molecule has 51 heavy (non-hydrogen) atoms. The van der Waals surface area contributed by atoms with Crippen LogP contribution in [0.5, 0.6) is 0 Å². The normalized spacial score (nSPS) is 16.5. The van der Waals surface area contributed by atoms with Crippen LogP contribution in [0.25, 0.3) is 10.8 Å². The Hall–Kier alpha value is -5.26. The fraction of sp³-hybridized carbons (Fsp3) is 0.263. The number of carboxylic acid groups (broad SMARTS) is 1.